The maximum atomic E-state index is 12.5. The first-order valence-electron chi connectivity index (χ1n) is 8.11. The Morgan fingerprint density at radius 3 is 2.56 bits per heavy atom. The molecule has 0 bridgehead atoms. The minimum atomic E-state index is -0.324. The smallest absolute Gasteiger partial charge is 0.259 e. The normalized spacial score (nSPS) is 10.3. The summed E-state index contributed by atoms with van der Waals surface area (Å²) in [6.45, 7) is 2.25. The summed E-state index contributed by atoms with van der Waals surface area (Å²) in [7, 11) is 0. The number of aromatic nitrogens is 1. The summed E-state index contributed by atoms with van der Waals surface area (Å²) in [5.41, 5.74) is 1.40. The number of hydrogen-bond donors (Lipinski definition) is 2. The number of anilines is 2. The molecule has 8 heteroatoms. The van der Waals surface area contributed by atoms with Crippen LogP contribution in [-0.4, -0.2) is 23.4 Å². The van der Waals surface area contributed by atoms with E-state index in [-0.39, 0.29) is 11.8 Å². The van der Waals surface area contributed by atoms with Crippen molar-refractivity contribution < 1.29 is 14.3 Å². The van der Waals surface area contributed by atoms with E-state index in [0.29, 0.717) is 39.3 Å². The first kappa shape index (κ1) is 18.9. The molecule has 3 rings (SSSR count). The molecule has 0 aliphatic rings. The van der Waals surface area contributed by atoms with E-state index in [9.17, 15) is 9.59 Å². The van der Waals surface area contributed by atoms with E-state index in [1.807, 2.05) is 6.92 Å². The van der Waals surface area contributed by atoms with E-state index < -0.39 is 0 Å². The fourth-order valence-electron chi connectivity index (χ4n) is 2.32. The summed E-state index contributed by atoms with van der Waals surface area (Å²) >= 11 is 7.30. The number of carbonyl (C=O) groups excluding carboxylic acids is 2. The van der Waals surface area contributed by atoms with Crippen LogP contribution in [0.3, 0.4) is 0 Å². The molecule has 0 unspecified atom stereocenters. The number of carbonyl (C=O) groups is 2. The number of nitrogens with zero attached hydrogens (tertiary/aromatic N) is 1. The van der Waals surface area contributed by atoms with Gasteiger partial charge in [-0.3, -0.25) is 14.9 Å². The minimum Gasteiger partial charge on any atom is -0.493 e. The van der Waals surface area contributed by atoms with Crippen LogP contribution in [-0.2, 0) is 0 Å². The predicted octanol–water partition coefficient (Wildman–Crippen LogP) is 4.70. The molecule has 0 aliphatic carbocycles. The summed E-state index contributed by atoms with van der Waals surface area (Å²) in [5.74, 6) is -0.170. The van der Waals surface area contributed by atoms with Crippen molar-refractivity contribution in [3.05, 3.63) is 70.2 Å². The average molecular weight is 402 g/mol. The molecule has 6 nitrogen and oxygen atoms in total. The van der Waals surface area contributed by atoms with Gasteiger partial charge in [0.1, 0.15) is 5.75 Å². The van der Waals surface area contributed by atoms with Gasteiger partial charge in [-0.1, -0.05) is 11.6 Å². The van der Waals surface area contributed by atoms with Crippen LogP contribution < -0.4 is 15.4 Å². The van der Waals surface area contributed by atoms with Gasteiger partial charge in [0.2, 0.25) is 0 Å². The van der Waals surface area contributed by atoms with Crippen molar-refractivity contribution in [2.24, 2.45) is 0 Å². The molecule has 1 heterocycles. The van der Waals surface area contributed by atoms with Gasteiger partial charge in [-0.15, -0.1) is 11.3 Å². The van der Waals surface area contributed by atoms with Crippen molar-refractivity contribution in [3.8, 4) is 5.75 Å². The zero-order valence-electron chi connectivity index (χ0n) is 14.4. The minimum absolute atomic E-state index is 0.265. The van der Waals surface area contributed by atoms with Crippen molar-refractivity contribution in [1.82, 2.24) is 4.98 Å². The molecule has 0 radical (unpaired) electrons. The van der Waals surface area contributed by atoms with Gasteiger partial charge in [0.05, 0.1) is 12.2 Å². The summed E-state index contributed by atoms with van der Waals surface area (Å²) in [5, 5.41) is 8.29. The van der Waals surface area contributed by atoms with Gasteiger partial charge >= 0.3 is 0 Å². The van der Waals surface area contributed by atoms with Crippen molar-refractivity contribution >= 4 is 45.6 Å². The highest BCUT2D eigenvalue weighted by Crippen LogP contribution is 2.24. The third kappa shape index (κ3) is 4.84. The Kier molecular flexibility index (Phi) is 6.05. The van der Waals surface area contributed by atoms with Crippen LogP contribution in [0.2, 0.25) is 5.02 Å². The Bertz CT molecular complexity index is 943. The Morgan fingerprint density at radius 2 is 1.89 bits per heavy atom. The molecule has 1 aromatic heterocycles. The van der Waals surface area contributed by atoms with Crippen LogP contribution in [0, 0.1) is 0 Å². The van der Waals surface area contributed by atoms with Crippen molar-refractivity contribution in [3.63, 3.8) is 0 Å². The van der Waals surface area contributed by atoms with Gasteiger partial charge in [0, 0.05) is 27.9 Å². The van der Waals surface area contributed by atoms with Gasteiger partial charge in [-0.2, -0.15) is 0 Å². The monoisotopic (exact) mass is 401 g/mol. The molecule has 0 aliphatic heterocycles. The Hall–Kier alpha value is -2.90. The van der Waals surface area contributed by atoms with E-state index >= 15 is 0 Å². The molecular formula is C19H16ClN3O3S. The van der Waals surface area contributed by atoms with Gasteiger partial charge in [0.25, 0.3) is 11.8 Å². The highest BCUT2D eigenvalue weighted by Gasteiger charge is 2.14. The first-order chi connectivity index (χ1) is 13.1. The standard InChI is InChI=1S/C19H16ClN3O3S/c1-2-26-16-11-13(20)5-8-15(16)18(25)22-14-6-3-12(4-7-14)17(24)23-19-21-9-10-27-19/h3-11H,2H2,1H3,(H,22,25)(H,21,23,24). The SMILES string of the molecule is CCOc1cc(Cl)ccc1C(=O)Nc1ccc(C(=O)Nc2nccs2)cc1. The Morgan fingerprint density at radius 1 is 1.11 bits per heavy atom. The van der Waals surface area contributed by atoms with Crippen LogP contribution in [0.1, 0.15) is 27.6 Å². The first-order valence-corrected chi connectivity index (χ1v) is 9.37. The van der Waals surface area contributed by atoms with Gasteiger partial charge < -0.3 is 10.1 Å². The molecule has 0 saturated heterocycles. The number of nitrogens with one attached hydrogen (secondary N) is 2. The highest BCUT2D eigenvalue weighted by molar-refractivity contribution is 7.13. The summed E-state index contributed by atoms with van der Waals surface area (Å²) < 4.78 is 5.47. The number of thiazole rings is 1. The number of amides is 2. The number of benzene rings is 2. The van der Waals surface area contributed by atoms with E-state index in [1.165, 1.54) is 11.3 Å². The quantitative estimate of drug-likeness (QED) is 0.627. The maximum absolute atomic E-state index is 12.5. The average Bonchev–Trinajstić information content (AvgIpc) is 3.15. The molecule has 0 atom stereocenters. The van der Waals surface area contributed by atoms with Crippen molar-refractivity contribution in [2.45, 2.75) is 6.92 Å². The Labute approximate surface area is 165 Å². The lowest BCUT2D eigenvalue weighted by atomic mass is 10.1. The number of ether oxygens (including phenoxy) is 1. The lowest BCUT2D eigenvalue weighted by Gasteiger charge is -2.11. The molecule has 138 valence electrons. The van der Waals surface area contributed by atoms with Crippen LogP contribution in [0.4, 0.5) is 10.8 Å². The number of hydrogen-bond acceptors (Lipinski definition) is 5. The molecule has 2 aromatic carbocycles. The highest BCUT2D eigenvalue weighted by atomic mass is 35.5. The van der Waals surface area contributed by atoms with Crippen LogP contribution in [0.5, 0.6) is 5.75 Å². The lowest BCUT2D eigenvalue weighted by Crippen LogP contribution is -2.14. The molecule has 0 fully saturated rings. The maximum Gasteiger partial charge on any atom is 0.259 e. The molecule has 3 aromatic rings. The molecule has 0 spiro atoms. The fourth-order valence-corrected chi connectivity index (χ4v) is 3.00. The fraction of sp³-hybridized carbons (Fsp3) is 0.105. The van der Waals surface area contributed by atoms with E-state index in [4.69, 9.17) is 16.3 Å². The third-order valence-electron chi connectivity index (χ3n) is 3.55. The van der Waals surface area contributed by atoms with Crippen LogP contribution >= 0.6 is 22.9 Å². The predicted molar refractivity (Wildman–Crippen MR) is 107 cm³/mol. The topological polar surface area (TPSA) is 80.3 Å². The zero-order valence-corrected chi connectivity index (χ0v) is 15.9. The molecule has 0 saturated carbocycles. The van der Waals surface area contributed by atoms with Gasteiger partial charge in [-0.05, 0) is 49.4 Å². The lowest BCUT2D eigenvalue weighted by molar-refractivity contribution is 0.101. The van der Waals surface area contributed by atoms with E-state index in [0.717, 1.165) is 0 Å². The van der Waals surface area contributed by atoms with Gasteiger partial charge in [0.15, 0.2) is 5.13 Å². The van der Waals surface area contributed by atoms with Crippen molar-refractivity contribution in [2.75, 3.05) is 17.2 Å². The largest absolute Gasteiger partial charge is 0.493 e. The molecular weight excluding hydrogens is 386 g/mol. The third-order valence-corrected chi connectivity index (χ3v) is 4.47. The van der Waals surface area contributed by atoms with E-state index in [1.54, 1.807) is 54.0 Å². The molecule has 2 N–H and O–H groups in total. The van der Waals surface area contributed by atoms with Crippen LogP contribution in [0.15, 0.2) is 54.0 Å². The second-order valence-electron chi connectivity index (χ2n) is 5.40. The molecule has 27 heavy (non-hydrogen) atoms. The van der Waals surface area contributed by atoms with Crippen molar-refractivity contribution in [1.29, 1.82) is 0 Å². The summed E-state index contributed by atoms with van der Waals surface area (Å²) in [6.07, 6.45) is 1.62. The van der Waals surface area contributed by atoms with Gasteiger partial charge in [-0.25, -0.2) is 4.98 Å². The van der Waals surface area contributed by atoms with E-state index in [2.05, 4.69) is 15.6 Å². The number of rotatable bonds is 6. The number of halogens is 1. The summed E-state index contributed by atoms with van der Waals surface area (Å²) in [6, 6.07) is 11.4. The second-order valence-corrected chi connectivity index (χ2v) is 6.73. The molecule has 2 amide bonds. The Balaban J connectivity index is 1.69. The second kappa shape index (κ2) is 8.66. The van der Waals surface area contributed by atoms with Crippen LogP contribution in [0.25, 0.3) is 0 Å². The summed E-state index contributed by atoms with van der Waals surface area (Å²) in [4.78, 5) is 28.7. The zero-order chi connectivity index (χ0) is 19.2.